The average Bonchev–Trinajstić information content (AvgIpc) is 2.72. The molecule has 1 aromatic rings. The highest BCUT2D eigenvalue weighted by Gasteiger charge is 2.11. The number of hydrogen-bond acceptors (Lipinski definition) is 5. The lowest BCUT2D eigenvalue weighted by Gasteiger charge is -2.04. The van der Waals surface area contributed by atoms with Gasteiger partial charge >= 0.3 is 11.9 Å². The van der Waals surface area contributed by atoms with Gasteiger partial charge in [-0.15, -0.1) is 0 Å². The molecule has 0 fully saturated rings. The molecule has 1 aromatic heterocycles. The first-order chi connectivity index (χ1) is 8.00. The number of carboxylic acid groups (broad SMARTS) is 2. The molecule has 0 aliphatic rings. The van der Waals surface area contributed by atoms with Crippen molar-refractivity contribution in [2.75, 3.05) is 5.75 Å². The first-order valence-corrected chi connectivity index (χ1v) is 6.04. The second-order valence-electron chi connectivity index (χ2n) is 3.36. The van der Waals surface area contributed by atoms with E-state index in [1.54, 1.807) is 6.07 Å². The monoisotopic (exact) mass is 259 g/mol. The summed E-state index contributed by atoms with van der Waals surface area (Å²) in [6.07, 6.45) is 0.368. The molecule has 7 heteroatoms. The van der Waals surface area contributed by atoms with E-state index in [1.165, 1.54) is 17.8 Å². The first kappa shape index (κ1) is 13.6. The molecular weight excluding hydrogens is 246 g/mol. The third kappa shape index (κ3) is 4.49. The zero-order chi connectivity index (χ0) is 12.8. The molecule has 94 valence electrons. The van der Waals surface area contributed by atoms with E-state index in [4.69, 9.17) is 20.4 Å². The molecule has 0 aliphatic carbocycles. The summed E-state index contributed by atoms with van der Waals surface area (Å²) < 4.78 is 5.03. The Morgan fingerprint density at radius 2 is 2.12 bits per heavy atom. The summed E-state index contributed by atoms with van der Waals surface area (Å²) in [5, 5.41) is 17.2. The van der Waals surface area contributed by atoms with Gasteiger partial charge in [0.15, 0.2) is 0 Å². The fourth-order valence-electron chi connectivity index (χ4n) is 1.08. The van der Waals surface area contributed by atoms with Gasteiger partial charge in [-0.05, 0) is 24.3 Å². The minimum absolute atomic E-state index is 0.0946. The van der Waals surface area contributed by atoms with Gasteiger partial charge in [0.2, 0.25) is 5.76 Å². The Bertz CT molecular complexity index is 403. The molecule has 1 unspecified atom stereocenters. The molecule has 0 amide bonds. The molecule has 1 rings (SSSR count). The Morgan fingerprint density at radius 3 is 2.65 bits per heavy atom. The molecule has 0 aromatic carbocycles. The van der Waals surface area contributed by atoms with Gasteiger partial charge in [-0.1, -0.05) is 0 Å². The van der Waals surface area contributed by atoms with Crippen molar-refractivity contribution in [1.82, 2.24) is 0 Å². The Hall–Kier alpha value is -1.47. The summed E-state index contributed by atoms with van der Waals surface area (Å²) >= 11 is 1.45. The van der Waals surface area contributed by atoms with Crippen molar-refractivity contribution in [1.29, 1.82) is 0 Å². The Kier molecular flexibility index (Phi) is 5.05. The van der Waals surface area contributed by atoms with E-state index in [0.717, 1.165) is 0 Å². The SMILES string of the molecule is NC(CCSCc1ccc(C(=O)O)o1)C(=O)O. The van der Waals surface area contributed by atoms with E-state index in [1.807, 2.05) is 0 Å². The highest BCUT2D eigenvalue weighted by Crippen LogP contribution is 2.16. The van der Waals surface area contributed by atoms with Crippen LogP contribution in [0.4, 0.5) is 0 Å². The number of carbonyl (C=O) groups is 2. The second-order valence-corrected chi connectivity index (χ2v) is 4.46. The summed E-state index contributed by atoms with van der Waals surface area (Å²) in [7, 11) is 0. The summed E-state index contributed by atoms with van der Waals surface area (Å²) in [6.45, 7) is 0. The number of rotatable bonds is 7. The van der Waals surface area contributed by atoms with Crippen LogP contribution in [0.3, 0.4) is 0 Å². The highest BCUT2D eigenvalue weighted by atomic mass is 32.2. The quantitative estimate of drug-likeness (QED) is 0.626. The zero-order valence-corrected chi connectivity index (χ0v) is 9.77. The van der Waals surface area contributed by atoms with E-state index in [0.29, 0.717) is 23.7 Å². The number of carboxylic acids is 2. The van der Waals surface area contributed by atoms with E-state index in [-0.39, 0.29) is 5.76 Å². The molecule has 1 heterocycles. The van der Waals surface area contributed by atoms with Gasteiger partial charge in [0.25, 0.3) is 0 Å². The van der Waals surface area contributed by atoms with Gasteiger partial charge in [-0.3, -0.25) is 4.79 Å². The number of nitrogens with two attached hydrogens (primary N) is 1. The van der Waals surface area contributed by atoms with Crippen LogP contribution in [0.1, 0.15) is 22.7 Å². The van der Waals surface area contributed by atoms with Crippen LogP contribution in [0.2, 0.25) is 0 Å². The molecule has 0 saturated carbocycles. The Balaban J connectivity index is 2.26. The molecule has 0 saturated heterocycles. The number of furan rings is 1. The summed E-state index contributed by atoms with van der Waals surface area (Å²) in [4.78, 5) is 20.9. The van der Waals surface area contributed by atoms with Gasteiger partial charge in [-0.25, -0.2) is 4.79 Å². The van der Waals surface area contributed by atoms with Crippen molar-refractivity contribution in [3.63, 3.8) is 0 Å². The van der Waals surface area contributed by atoms with Crippen LogP contribution < -0.4 is 5.73 Å². The van der Waals surface area contributed by atoms with Crippen molar-refractivity contribution in [3.8, 4) is 0 Å². The average molecular weight is 259 g/mol. The molecule has 0 bridgehead atoms. The second kappa shape index (κ2) is 6.31. The topological polar surface area (TPSA) is 114 Å². The van der Waals surface area contributed by atoms with Crippen LogP contribution in [-0.4, -0.2) is 33.9 Å². The van der Waals surface area contributed by atoms with Crippen molar-refractivity contribution in [3.05, 3.63) is 23.7 Å². The van der Waals surface area contributed by atoms with E-state index in [9.17, 15) is 9.59 Å². The molecule has 4 N–H and O–H groups in total. The molecule has 0 spiro atoms. The number of thioether (sulfide) groups is 1. The smallest absolute Gasteiger partial charge is 0.371 e. The maximum atomic E-state index is 10.5. The van der Waals surface area contributed by atoms with Crippen LogP contribution in [0, 0.1) is 0 Å². The maximum absolute atomic E-state index is 10.5. The van der Waals surface area contributed by atoms with Gasteiger partial charge in [-0.2, -0.15) is 11.8 Å². The van der Waals surface area contributed by atoms with Crippen molar-refractivity contribution in [2.45, 2.75) is 18.2 Å². The fourth-order valence-corrected chi connectivity index (χ4v) is 2.00. The van der Waals surface area contributed by atoms with E-state index in [2.05, 4.69) is 0 Å². The van der Waals surface area contributed by atoms with Gasteiger partial charge in [0.1, 0.15) is 11.8 Å². The van der Waals surface area contributed by atoms with Crippen LogP contribution >= 0.6 is 11.8 Å². The minimum Gasteiger partial charge on any atom is -0.480 e. The lowest BCUT2D eigenvalue weighted by molar-refractivity contribution is -0.138. The van der Waals surface area contributed by atoms with Crippen LogP contribution in [-0.2, 0) is 10.5 Å². The molecule has 1 atom stereocenters. The largest absolute Gasteiger partial charge is 0.480 e. The molecule has 0 aliphatic heterocycles. The first-order valence-electron chi connectivity index (χ1n) is 4.89. The van der Waals surface area contributed by atoms with Gasteiger partial charge < -0.3 is 20.4 Å². The maximum Gasteiger partial charge on any atom is 0.371 e. The van der Waals surface area contributed by atoms with E-state index >= 15 is 0 Å². The fraction of sp³-hybridized carbons (Fsp3) is 0.400. The summed E-state index contributed by atoms with van der Waals surface area (Å²) in [5.41, 5.74) is 5.33. The van der Waals surface area contributed by atoms with Gasteiger partial charge in [0, 0.05) is 0 Å². The standard InChI is InChI=1S/C10H13NO5S/c11-7(9(12)13)3-4-17-5-6-1-2-8(16-6)10(14)15/h1-2,7H,3-5,11H2,(H,12,13)(H,14,15). The molecule has 17 heavy (non-hydrogen) atoms. The van der Waals surface area contributed by atoms with Crippen molar-refractivity contribution < 1.29 is 24.2 Å². The third-order valence-electron chi connectivity index (χ3n) is 2.01. The van der Waals surface area contributed by atoms with Crippen molar-refractivity contribution in [2.24, 2.45) is 5.73 Å². The summed E-state index contributed by atoms with van der Waals surface area (Å²) in [5.74, 6) is -0.582. The predicted octanol–water partition coefficient (Wildman–Crippen LogP) is 1.01. The lowest BCUT2D eigenvalue weighted by Crippen LogP contribution is -2.30. The number of aromatic carboxylic acids is 1. The van der Waals surface area contributed by atoms with Crippen LogP contribution in [0.25, 0.3) is 0 Å². The molecule has 6 nitrogen and oxygen atoms in total. The normalized spacial score (nSPS) is 12.3. The molecule has 0 radical (unpaired) electrons. The number of aliphatic carboxylic acids is 1. The van der Waals surface area contributed by atoms with Crippen LogP contribution in [0.5, 0.6) is 0 Å². The summed E-state index contributed by atoms with van der Waals surface area (Å²) in [6, 6.07) is 2.13. The van der Waals surface area contributed by atoms with Crippen molar-refractivity contribution >= 4 is 23.7 Å². The van der Waals surface area contributed by atoms with E-state index < -0.39 is 18.0 Å². The Morgan fingerprint density at radius 1 is 1.41 bits per heavy atom. The lowest BCUT2D eigenvalue weighted by atomic mass is 10.2. The molecular formula is C10H13NO5S. The Labute approximate surface area is 102 Å². The van der Waals surface area contributed by atoms with Crippen LogP contribution in [0.15, 0.2) is 16.5 Å². The predicted molar refractivity (Wildman–Crippen MR) is 62.1 cm³/mol. The zero-order valence-electron chi connectivity index (χ0n) is 8.96. The number of hydrogen-bond donors (Lipinski definition) is 3. The van der Waals surface area contributed by atoms with Gasteiger partial charge in [0.05, 0.1) is 5.75 Å². The third-order valence-corrected chi connectivity index (χ3v) is 3.02. The highest BCUT2D eigenvalue weighted by molar-refractivity contribution is 7.98. The minimum atomic E-state index is -1.10.